The predicted molar refractivity (Wildman–Crippen MR) is 23.1 cm³/mol. The van der Waals surface area contributed by atoms with Crippen LogP contribution >= 0.6 is 17.0 Å². The standard InChI is InChI=1S/C2H6O.BrH/c1-2-3;/h3H,2H2,1H3;1H. The van der Waals surface area contributed by atoms with Gasteiger partial charge in [0.2, 0.25) is 0 Å². The van der Waals surface area contributed by atoms with Crippen molar-refractivity contribution in [1.29, 1.82) is 0 Å². The van der Waals surface area contributed by atoms with Gasteiger partial charge >= 0.3 is 0 Å². The van der Waals surface area contributed by atoms with E-state index in [9.17, 15) is 0 Å². The first-order valence-electron chi connectivity index (χ1n) is 1.02. The maximum Gasteiger partial charge on any atom is 0.0402 e. The summed E-state index contributed by atoms with van der Waals surface area (Å²) in [5, 5.41) is 7.57. The monoisotopic (exact) mass is 126 g/mol. The highest BCUT2D eigenvalue weighted by Crippen LogP contribution is 1.30. The fourth-order valence-corrected chi connectivity index (χ4v) is 0. The smallest absolute Gasteiger partial charge is 0.0402 e. The van der Waals surface area contributed by atoms with E-state index in [0.29, 0.717) is 0 Å². The van der Waals surface area contributed by atoms with Gasteiger partial charge in [0.05, 0.1) is 0 Å². The van der Waals surface area contributed by atoms with Gasteiger partial charge in [0.1, 0.15) is 0 Å². The van der Waals surface area contributed by atoms with Crippen LogP contribution in [-0.4, -0.2) is 11.7 Å². The molecule has 0 aliphatic rings. The van der Waals surface area contributed by atoms with Gasteiger partial charge in [0.15, 0.2) is 0 Å². The van der Waals surface area contributed by atoms with Crippen molar-refractivity contribution in [2.24, 2.45) is 0 Å². The lowest BCUT2D eigenvalue weighted by Gasteiger charge is -1.52. The van der Waals surface area contributed by atoms with Crippen LogP contribution in [0.1, 0.15) is 6.92 Å². The molecule has 0 aromatic rings. The summed E-state index contributed by atoms with van der Waals surface area (Å²) in [4.78, 5) is 0. The lowest BCUT2D eigenvalue weighted by Crippen LogP contribution is -1.57. The Morgan fingerprint density at radius 2 is 1.75 bits per heavy atom. The van der Waals surface area contributed by atoms with Crippen molar-refractivity contribution in [3.63, 3.8) is 0 Å². The normalized spacial score (nSPS) is 4.50. The number of hydrogen-bond donors (Lipinski definition) is 1. The van der Waals surface area contributed by atoms with E-state index in [1.165, 1.54) is 0 Å². The molecule has 0 saturated carbocycles. The summed E-state index contributed by atoms with van der Waals surface area (Å²) < 4.78 is 0. The Bertz CT molecular complexity index is 6.00. The molecule has 2 heteroatoms. The fraction of sp³-hybridized carbons (Fsp3) is 1.00. The first-order chi connectivity index (χ1) is 1.41. The highest BCUT2D eigenvalue weighted by Gasteiger charge is 1.34. The summed E-state index contributed by atoms with van der Waals surface area (Å²) in [6, 6.07) is 0. The molecule has 0 heterocycles. The van der Waals surface area contributed by atoms with Gasteiger partial charge in [-0.05, 0) is 6.92 Å². The zero-order chi connectivity index (χ0) is 2.71. The van der Waals surface area contributed by atoms with Crippen LogP contribution in [0.25, 0.3) is 0 Å². The van der Waals surface area contributed by atoms with E-state index >= 15 is 0 Å². The van der Waals surface area contributed by atoms with Gasteiger partial charge in [-0.3, -0.25) is 0 Å². The highest BCUT2D eigenvalue weighted by atomic mass is 79.9. The third-order valence-corrected chi connectivity index (χ3v) is 0. The van der Waals surface area contributed by atoms with Gasteiger partial charge in [0.25, 0.3) is 0 Å². The number of aliphatic hydroxyl groups excluding tert-OH is 1. The Labute approximate surface area is 36.4 Å². The molecular weight excluding hydrogens is 120 g/mol. The van der Waals surface area contributed by atoms with Gasteiger partial charge < -0.3 is 5.11 Å². The Morgan fingerprint density at radius 3 is 1.75 bits per heavy atom. The van der Waals surface area contributed by atoms with Crippen molar-refractivity contribution in [1.82, 2.24) is 0 Å². The van der Waals surface area contributed by atoms with Crippen LogP contribution in [0.3, 0.4) is 0 Å². The van der Waals surface area contributed by atoms with Crippen LogP contribution in [0, 0.1) is 0 Å². The van der Waals surface area contributed by atoms with Crippen LogP contribution in [0.5, 0.6) is 0 Å². The molecule has 0 amide bonds. The first-order valence-corrected chi connectivity index (χ1v) is 1.02. The first kappa shape index (κ1) is 8.83. The van der Waals surface area contributed by atoms with Gasteiger partial charge in [-0.2, -0.15) is 0 Å². The topological polar surface area (TPSA) is 20.2 Å². The molecule has 0 spiro atoms. The SMILES string of the molecule is Br.CCO. The van der Waals surface area contributed by atoms with Crippen molar-refractivity contribution < 1.29 is 5.11 Å². The third kappa shape index (κ3) is 26.1. The second-order valence-corrected chi connectivity index (χ2v) is 0.316. The number of halogens is 1. The summed E-state index contributed by atoms with van der Waals surface area (Å²) in [5.74, 6) is 0. The van der Waals surface area contributed by atoms with Crippen molar-refractivity contribution in [3.8, 4) is 0 Å². The van der Waals surface area contributed by atoms with Crippen molar-refractivity contribution in [2.45, 2.75) is 6.92 Å². The maximum atomic E-state index is 7.57. The minimum absolute atomic E-state index is 0. The molecule has 0 aliphatic carbocycles. The predicted octanol–water partition coefficient (Wildman–Crippen LogP) is 0.577. The molecule has 0 fully saturated rings. The zero-order valence-electron chi connectivity index (χ0n) is 2.56. The molecule has 0 rings (SSSR count). The Hall–Kier alpha value is 0.440. The molecule has 0 unspecified atom stereocenters. The lowest BCUT2D eigenvalue weighted by molar-refractivity contribution is 0.318. The number of hydrogen-bond acceptors (Lipinski definition) is 1. The molecule has 0 radical (unpaired) electrons. The van der Waals surface area contributed by atoms with Crippen LogP contribution < -0.4 is 0 Å². The average molecular weight is 127 g/mol. The largest absolute Gasteiger partial charge is 0.397 e. The molecule has 4 heavy (non-hydrogen) atoms. The molecule has 0 bridgehead atoms. The molecule has 1 N–H and O–H groups in total. The molecule has 1 nitrogen and oxygen atoms in total. The zero-order valence-corrected chi connectivity index (χ0v) is 4.28. The Balaban J connectivity index is 0. The van der Waals surface area contributed by atoms with Gasteiger partial charge in [-0.25, -0.2) is 0 Å². The van der Waals surface area contributed by atoms with Gasteiger partial charge in [0, 0.05) is 6.61 Å². The van der Waals surface area contributed by atoms with E-state index in [0.717, 1.165) is 0 Å². The summed E-state index contributed by atoms with van der Waals surface area (Å²) in [6.07, 6.45) is 0. The third-order valence-electron chi connectivity index (χ3n) is 0. The van der Waals surface area contributed by atoms with Crippen molar-refractivity contribution in [3.05, 3.63) is 0 Å². The molecule has 0 aromatic heterocycles. The summed E-state index contributed by atoms with van der Waals surface area (Å²) >= 11 is 0. The van der Waals surface area contributed by atoms with Crippen LogP contribution in [-0.2, 0) is 0 Å². The Morgan fingerprint density at radius 1 is 1.75 bits per heavy atom. The number of rotatable bonds is 0. The van der Waals surface area contributed by atoms with E-state index in [2.05, 4.69) is 0 Å². The van der Waals surface area contributed by atoms with Gasteiger partial charge in [-0.15, -0.1) is 17.0 Å². The maximum absolute atomic E-state index is 7.57. The second-order valence-electron chi connectivity index (χ2n) is 0.316. The van der Waals surface area contributed by atoms with Gasteiger partial charge in [-0.1, -0.05) is 0 Å². The fourth-order valence-electron chi connectivity index (χ4n) is 0. The van der Waals surface area contributed by atoms with E-state index in [4.69, 9.17) is 5.11 Å². The van der Waals surface area contributed by atoms with Crippen molar-refractivity contribution >= 4 is 17.0 Å². The van der Waals surface area contributed by atoms with E-state index < -0.39 is 0 Å². The van der Waals surface area contributed by atoms with E-state index in [-0.39, 0.29) is 23.6 Å². The lowest BCUT2D eigenvalue weighted by atomic mass is 10.9. The quantitative estimate of drug-likeness (QED) is 0.504. The van der Waals surface area contributed by atoms with Crippen LogP contribution in [0.2, 0.25) is 0 Å². The van der Waals surface area contributed by atoms with E-state index in [1.807, 2.05) is 0 Å². The minimum atomic E-state index is 0. The highest BCUT2D eigenvalue weighted by molar-refractivity contribution is 8.93. The number of aliphatic hydroxyl groups is 1. The van der Waals surface area contributed by atoms with E-state index in [1.54, 1.807) is 6.92 Å². The Kier molecular flexibility index (Phi) is 21.8. The van der Waals surface area contributed by atoms with Crippen molar-refractivity contribution in [2.75, 3.05) is 6.61 Å². The molecule has 0 atom stereocenters. The minimum Gasteiger partial charge on any atom is -0.397 e. The van der Waals surface area contributed by atoms with Crippen LogP contribution in [0.15, 0.2) is 0 Å². The summed E-state index contributed by atoms with van der Waals surface area (Å²) in [7, 11) is 0. The molecule has 28 valence electrons. The molecule has 0 saturated heterocycles. The molecule has 0 aliphatic heterocycles. The molecular formula is C2H7BrO. The summed E-state index contributed by atoms with van der Waals surface area (Å²) in [6.45, 7) is 1.93. The average Bonchev–Trinajstić information content (AvgIpc) is 0.918. The second kappa shape index (κ2) is 9.88. The van der Waals surface area contributed by atoms with Crippen LogP contribution in [0.4, 0.5) is 0 Å². The molecule has 0 aromatic carbocycles. The summed E-state index contributed by atoms with van der Waals surface area (Å²) in [5.41, 5.74) is 0.